The van der Waals surface area contributed by atoms with E-state index in [1.165, 1.54) is 0 Å². The fourth-order valence-corrected chi connectivity index (χ4v) is 2.72. The van der Waals surface area contributed by atoms with Crippen molar-refractivity contribution < 1.29 is 4.79 Å². The van der Waals surface area contributed by atoms with Crippen LogP contribution < -0.4 is 5.73 Å². The molecule has 4 nitrogen and oxygen atoms in total. The van der Waals surface area contributed by atoms with Crippen LogP contribution in [0.2, 0.25) is 0 Å². The van der Waals surface area contributed by atoms with Crippen molar-refractivity contribution in [2.75, 3.05) is 12.3 Å². The number of pyridine rings is 1. The van der Waals surface area contributed by atoms with E-state index in [1.54, 1.807) is 12.3 Å². The van der Waals surface area contributed by atoms with Gasteiger partial charge in [0.05, 0.1) is 6.04 Å². The molecule has 1 aromatic heterocycles. The topological polar surface area (TPSA) is 59.2 Å². The van der Waals surface area contributed by atoms with Crippen LogP contribution >= 0.6 is 0 Å². The number of nitrogens with two attached hydrogens (primary N) is 1. The van der Waals surface area contributed by atoms with Gasteiger partial charge in [-0.3, -0.25) is 4.79 Å². The highest BCUT2D eigenvalue weighted by molar-refractivity contribution is 5.94. The van der Waals surface area contributed by atoms with Crippen LogP contribution in [0.5, 0.6) is 0 Å². The predicted molar refractivity (Wildman–Crippen MR) is 78.1 cm³/mol. The smallest absolute Gasteiger partial charge is 0.254 e. The first-order valence-electron chi connectivity index (χ1n) is 6.83. The minimum Gasteiger partial charge on any atom is -0.384 e. The van der Waals surface area contributed by atoms with Gasteiger partial charge in [0.1, 0.15) is 5.82 Å². The van der Waals surface area contributed by atoms with Crippen LogP contribution in [0.25, 0.3) is 0 Å². The molecule has 1 aliphatic rings. The first kappa shape index (κ1) is 12.7. The highest BCUT2D eigenvalue weighted by atomic mass is 16.2. The molecule has 1 fully saturated rings. The van der Waals surface area contributed by atoms with Crippen LogP contribution in [0.1, 0.15) is 34.8 Å². The maximum Gasteiger partial charge on any atom is 0.254 e. The number of likely N-dealkylation sites (tertiary alicyclic amines) is 1. The normalized spacial score (nSPS) is 18.2. The first-order chi connectivity index (χ1) is 9.75. The summed E-state index contributed by atoms with van der Waals surface area (Å²) in [5.41, 5.74) is 7.41. The van der Waals surface area contributed by atoms with Gasteiger partial charge in [0.2, 0.25) is 0 Å². The summed E-state index contributed by atoms with van der Waals surface area (Å²) in [6.07, 6.45) is 3.77. The van der Waals surface area contributed by atoms with Gasteiger partial charge < -0.3 is 10.6 Å². The lowest BCUT2D eigenvalue weighted by Crippen LogP contribution is -2.30. The molecular weight excluding hydrogens is 250 g/mol. The molecule has 0 unspecified atom stereocenters. The van der Waals surface area contributed by atoms with Gasteiger partial charge in [-0.2, -0.15) is 0 Å². The second kappa shape index (κ2) is 5.33. The summed E-state index contributed by atoms with van der Waals surface area (Å²) in [6.45, 7) is 0.794. The zero-order valence-corrected chi connectivity index (χ0v) is 11.2. The SMILES string of the molecule is Nc1ccc([C@H]2CCCN2C(=O)c2ccccc2)cn1. The number of amides is 1. The van der Waals surface area contributed by atoms with E-state index in [0.29, 0.717) is 5.82 Å². The van der Waals surface area contributed by atoms with Crippen molar-refractivity contribution in [2.24, 2.45) is 0 Å². The largest absolute Gasteiger partial charge is 0.384 e. The number of benzene rings is 1. The maximum atomic E-state index is 12.6. The average molecular weight is 267 g/mol. The van der Waals surface area contributed by atoms with Crippen LogP contribution in [0.3, 0.4) is 0 Å². The summed E-state index contributed by atoms with van der Waals surface area (Å²) in [4.78, 5) is 18.6. The van der Waals surface area contributed by atoms with Gasteiger partial charge >= 0.3 is 0 Å². The molecule has 0 aliphatic carbocycles. The zero-order chi connectivity index (χ0) is 13.9. The number of carbonyl (C=O) groups is 1. The number of rotatable bonds is 2. The molecule has 2 heterocycles. The minimum absolute atomic E-state index is 0.0879. The van der Waals surface area contributed by atoms with E-state index in [1.807, 2.05) is 41.3 Å². The van der Waals surface area contributed by atoms with Gasteiger partial charge in [0, 0.05) is 18.3 Å². The summed E-state index contributed by atoms with van der Waals surface area (Å²) < 4.78 is 0. The van der Waals surface area contributed by atoms with E-state index in [-0.39, 0.29) is 11.9 Å². The van der Waals surface area contributed by atoms with Crippen LogP contribution in [0.4, 0.5) is 5.82 Å². The Labute approximate surface area is 118 Å². The lowest BCUT2D eigenvalue weighted by molar-refractivity contribution is 0.0735. The van der Waals surface area contributed by atoms with Crippen molar-refractivity contribution >= 4 is 11.7 Å². The van der Waals surface area contributed by atoms with Gasteiger partial charge in [0.15, 0.2) is 0 Å². The Balaban J connectivity index is 1.86. The van der Waals surface area contributed by atoms with Gasteiger partial charge in [0.25, 0.3) is 5.91 Å². The van der Waals surface area contributed by atoms with Crippen molar-refractivity contribution in [1.29, 1.82) is 0 Å². The van der Waals surface area contributed by atoms with E-state index >= 15 is 0 Å². The van der Waals surface area contributed by atoms with E-state index < -0.39 is 0 Å². The third-order valence-corrected chi connectivity index (χ3v) is 3.73. The monoisotopic (exact) mass is 267 g/mol. The first-order valence-corrected chi connectivity index (χ1v) is 6.83. The quantitative estimate of drug-likeness (QED) is 0.910. The van der Waals surface area contributed by atoms with Gasteiger partial charge in [-0.05, 0) is 36.6 Å². The number of aromatic nitrogens is 1. The number of carbonyl (C=O) groups excluding carboxylic acids is 1. The molecule has 1 aromatic carbocycles. The van der Waals surface area contributed by atoms with Crippen molar-refractivity contribution in [2.45, 2.75) is 18.9 Å². The number of nitrogen functional groups attached to an aromatic ring is 1. The molecule has 20 heavy (non-hydrogen) atoms. The second-order valence-electron chi connectivity index (χ2n) is 5.04. The molecule has 4 heteroatoms. The Morgan fingerprint density at radius 3 is 2.70 bits per heavy atom. The minimum atomic E-state index is 0.0879. The fourth-order valence-electron chi connectivity index (χ4n) is 2.72. The molecule has 0 spiro atoms. The van der Waals surface area contributed by atoms with E-state index in [4.69, 9.17) is 5.73 Å². The van der Waals surface area contributed by atoms with Crippen molar-refractivity contribution in [3.63, 3.8) is 0 Å². The van der Waals surface area contributed by atoms with Crippen LogP contribution in [-0.2, 0) is 0 Å². The average Bonchev–Trinajstić information content (AvgIpc) is 2.97. The molecule has 1 amide bonds. The molecule has 3 rings (SSSR count). The summed E-state index contributed by atoms with van der Waals surface area (Å²) in [5.74, 6) is 0.595. The molecule has 0 radical (unpaired) electrons. The Morgan fingerprint density at radius 1 is 1.20 bits per heavy atom. The van der Waals surface area contributed by atoms with Crippen LogP contribution in [0, 0.1) is 0 Å². The molecule has 102 valence electrons. The number of hydrogen-bond donors (Lipinski definition) is 1. The van der Waals surface area contributed by atoms with Crippen molar-refractivity contribution in [3.8, 4) is 0 Å². The summed E-state index contributed by atoms with van der Waals surface area (Å²) in [5, 5.41) is 0. The Morgan fingerprint density at radius 2 is 2.00 bits per heavy atom. The molecule has 2 aromatic rings. The van der Waals surface area contributed by atoms with E-state index in [0.717, 1.165) is 30.5 Å². The lowest BCUT2D eigenvalue weighted by Gasteiger charge is -2.25. The summed E-state index contributed by atoms with van der Waals surface area (Å²) in [7, 11) is 0. The molecule has 0 bridgehead atoms. The summed E-state index contributed by atoms with van der Waals surface area (Å²) in [6, 6.07) is 13.3. The maximum absolute atomic E-state index is 12.6. The third kappa shape index (κ3) is 2.37. The Kier molecular flexibility index (Phi) is 3.37. The highest BCUT2D eigenvalue weighted by Gasteiger charge is 2.30. The predicted octanol–water partition coefficient (Wildman–Crippen LogP) is 2.64. The number of anilines is 1. The second-order valence-corrected chi connectivity index (χ2v) is 5.04. The van der Waals surface area contributed by atoms with E-state index in [2.05, 4.69) is 4.98 Å². The number of hydrogen-bond acceptors (Lipinski definition) is 3. The molecular formula is C16H17N3O. The van der Waals surface area contributed by atoms with Gasteiger partial charge in [-0.1, -0.05) is 24.3 Å². The number of nitrogens with zero attached hydrogens (tertiary/aromatic N) is 2. The fraction of sp³-hybridized carbons (Fsp3) is 0.250. The summed E-state index contributed by atoms with van der Waals surface area (Å²) >= 11 is 0. The third-order valence-electron chi connectivity index (χ3n) is 3.73. The van der Waals surface area contributed by atoms with Crippen molar-refractivity contribution in [1.82, 2.24) is 9.88 Å². The zero-order valence-electron chi connectivity index (χ0n) is 11.2. The molecule has 1 atom stereocenters. The standard InChI is InChI=1S/C16H17N3O/c17-15-9-8-13(11-18-15)14-7-4-10-19(14)16(20)12-5-2-1-3-6-12/h1-3,5-6,8-9,11,14H,4,7,10H2,(H2,17,18)/t14-/m1/s1. The molecule has 2 N–H and O–H groups in total. The molecule has 0 saturated carbocycles. The lowest BCUT2D eigenvalue weighted by atomic mass is 10.1. The van der Waals surface area contributed by atoms with Crippen molar-refractivity contribution in [3.05, 3.63) is 59.8 Å². The molecule has 1 aliphatic heterocycles. The van der Waals surface area contributed by atoms with Crippen LogP contribution in [0.15, 0.2) is 48.7 Å². The Bertz CT molecular complexity index is 595. The van der Waals surface area contributed by atoms with E-state index in [9.17, 15) is 4.79 Å². The highest BCUT2D eigenvalue weighted by Crippen LogP contribution is 2.32. The Hall–Kier alpha value is -2.36. The van der Waals surface area contributed by atoms with Gasteiger partial charge in [-0.25, -0.2) is 4.98 Å². The molecule has 1 saturated heterocycles. The van der Waals surface area contributed by atoms with Gasteiger partial charge in [-0.15, -0.1) is 0 Å². The van der Waals surface area contributed by atoms with Crippen LogP contribution in [-0.4, -0.2) is 22.3 Å².